The molecule has 1 aromatic rings. The molecule has 20 heavy (non-hydrogen) atoms. The first-order valence-corrected chi connectivity index (χ1v) is 6.67. The molecule has 0 heterocycles. The highest BCUT2D eigenvalue weighted by Gasteiger charge is 2.18. The van der Waals surface area contributed by atoms with Gasteiger partial charge in [0.1, 0.15) is 0 Å². The van der Waals surface area contributed by atoms with E-state index in [1.165, 1.54) is 11.1 Å². The lowest BCUT2D eigenvalue weighted by molar-refractivity contribution is -0.131. The van der Waals surface area contributed by atoms with E-state index in [2.05, 4.69) is 5.16 Å². The van der Waals surface area contributed by atoms with Gasteiger partial charge in [0.2, 0.25) is 5.91 Å². The molecule has 0 fully saturated rings. The number of amides is 1. The minimum atomic E-state index is -0.0325. The highest BCUT2D eigenvalue weighted by Crippen LogP contribution is 2.12. The third kappa shape index (κ3) is 4.26. The maximum Gasteiger partial charge on any atom is 0.227 e. The van der Waals surface area contributed by atoms with Crippen LogP contribution in [0.5, 0.6) is 0 Å². The normalized spacial score (nSPS) is 11.8. The summed E-state index contributed by atoms with van der Waals surface area (Å²) in [6, 6.07) is 5.99. The highest BCUT2D eigenvalue weighted by molar-refractivity contribution is 5.87. The molecule has 5 nitrogen and oxygen atoms in total. The van der Waals surface area contributed by atoms with Crippen LogP contribution in [0, 0.1) is 13.8 Å². The van der Waals surface area contributed by atoms with Gasteiger partial charge in [-0.25, -0.2) is 0 Å². The topological polar surface area (TPSA) is 78.9 Å². The number of amidine groups is 1. The van der Waals surface area contributed by atoms with E-state index >= 15 is 0 Å². The Labute approximate surface area is 120 Å². The standard InChI is InChI=1S/C15H23N3O2/c1-10(2)18(9-14(16)17-20)15(19)8-13-6-5-11(3)12(4)7-13/h5-7,10,20H,8-9H2,1-4H3,(H2,16,17). The third-order valence-corrected chi connectivity index (χ3v) is 3.33. The smallest absolute Gasteiger partial charge is 0.227 e. The number of rotatable bonds is 5. The van der Waals surface area contributed by atoms with Crippen LogP contribution in [-0.4, -0.2) is 34.4 Å². The Morgan fingerprint density at radius 1 is 1.35 bits per heavy atom. The summed E-state index contributed by atoms with van der Waals surface area (Å²) in [7, 11) is 0. The van der Waals surface area contributed by atoms with Gasteiger partial charge in [0.05, 0.1) is 13.0 Å². The molecule has 0 aliphatic rings. The lowest BCUT2D eigenvalue weighted by Gasteiger charge is -2.26. The molecule has 0 radical (unpaired) electrons. The van der Waals surface area contributed by atoms with Gasteiger partial charge in [-0.2, -0.15) is 0 Å². The number of oxime groups is 1. The number of nitrogens with two attached hydrogens (primary N) is 1. The Bertz CT molecular complexity index is 510. The summed E-state index contributed by atoms with van der Waals surface area (Å²) in [5.74, 6) is 0.00184. The summed E-state index contributed by atoms with van der Waals surface area (Å²) in [6.07, 6.45) is 0.317. The zero-order valence-corrected chi connectivity index (χ0v) is 12.6. The fraction of sp³-hybridized carbons (Fsp3) is 0.467. The summed E-state index contributed by atoms with van der Waals surface area (Å²) in [4.78, 5) is 13.9. The maximum absolute atomic E-state index is 12.3. The van der Waals surface area contributed by atoms with Crippen LogP contribution >= 0.6 is 0 Å². The monoisotopic (exact) mass is 277 g/mol. The molecular formula is C15H23N3O2. The maximum atomic E-state index is 12.3. The Morgan fingerprint density at radius 2 is 2.00 bits per heavy atom. The van der Waals surface area contributed by atoms with Gasteiger partial charge < -0.3 is 15.8 Å². The number of nitrogens with zero attached hydrogens (tertiary/aromatic N) is 2. The third-order valence-electron chi connectivity index (χ3n) is 3.33. The van der Waals surface area contributed by atoms with Crippen LogP contribution < -0.4 is 5.73 Å². The van der Waals surface area contributed by atoms with Crippen molar-refractivity contribution in [3.05, 3.63) is 34.9 Å². The molecule has 0 aliphatic carbocycles. The summed E-state index contributed by atoms with van der Waals surface area (Å²) in [6.45, 7) is 8.02. The van der Waals surface area contributed by atoms with E-state index in [1.54, 1.807) is 4.90 Å². The van der Waals surface area contributed by atoms with Crippen LogP contribution in [0.2, 0.25) is 0 Å². The van der Waals surface area contributed by atoms with Crippen LogP contribution in [-0.2, 0) is 11.2 Å². The zero-order chi connectivity index (χ0) is 15.3. The van der Waals surface area contributed by atoms with E-state index in [-0.39, 0.29) is 24.3 Å². The second-order valence-electron chi connectivity index (χ2n) is 5.30. The summed E-state index contributed by atoms with van der Waals surface area (Å²) in [5, 5.41) is 11.6. The van der Waals surface area contributed by atoms with Crippen molar-refractivity contribution in [2.75, 3.05) is 6.54 Å². The Balaban J connectivity index is 2.82. The fourth-order valence-corrected chi connectivity index (χ4v) is 1.95. The van der Waals surface area contributed by atoms with Crippen molar-refractivity contribution in [3.63, 3.8) is 0 Å². The molecule has 0 saturated carbocycles. The minimum absolute atomic E-state index is 0.00524. The number of hydrogen-bond donors (Lipinski definition) is 2. The van der Waals surface area contributed by atoms with Crippen molar-refractivity contribution in [2.45, 2.75) is 40.2 Å². The fourth-order valence-electron chi connectivity index (χ4n) is 1.95. The zero-order valence-electron chi connectivity index (χ0n) is 12.6. The van der Waals surface area contributed by atoms with Gasteiger partial charge in [0.25, 0.3) is 0 Å². The molecule has 0 aliphatic heterocycles. The van der Waals surface area contributed by atoms with Gasteiger partial charge in [-0.1, -0.05) is 23.4 Å². The van der Waals surface area contributed by atoms with E-state index in [0.29, 0.717) is 6.42 Å². The molecule has 3 N–H and O–H groups in total. The van der Waals surface area contributed by atoms with Crippen molar-refractivity contribution in [3.8, 4) is 0 Å². The Morgan fingerprint density at radius 3 is 2.50 bits per heavy atom. The highest BCUT2D eigenvalue weighted by atomic mass is 16.4. The van der Waals surface area contributed by atoms with Crippen molar-refractivity contribution in [1.82, 2.24) is 4.90 Å². The molecule has 0 unspecified atom stereocenters. The van der Waals surface area contributed by atoms with Crippen molar-refractivity contribution < 1.29 is 10.0 Å². The van der Waals surface area contributed by atoms with Crippen molar-refractivity contribution >= 4 is 11.7 Å². The molecule has 0 saturated heterocycles. The molecule has 0 bridgehead atoms. The molecule has 110 valence electrons. The number of carbonyl (C=O) groups excluding carboxylic acids is 1. The lowest BCUT2D eigenvalue weighted by atomic mass is 10.0. The molecule has 1 aromatic carbocycles. The quantitative estimate of drug-likeness (QED) is 0.373. The number of hydrogen-bond acceptors (Lipinski definition) is 3. The predicted octanol–water partition coefficient (Wildman–Crippen LogP) is 1.83. The summed E-state index contributed by atoms with van der Waals surface area (Å²) < 4.78 is 0. The molecule has 5 heteroatoms. The minimum Gasteiger partial charge on any atom is -0.409 e. The first-order chi connectivity index (χ1) is 9.35. The lowest BCUT2D eigenvalue weighted by Crippen LogP contribution is -2.43. The second-order valence-corrected chi connectivity index (χ2v) is 5.30. The van der Waals surface area contributed by atoms with E-state index in [0.717, 1.165) is 5.56 Å². The largest absolute Gasteiger partial charge is 0.409 e. The SMILES string of the molecule is Cc1ccc(CC(=O)N(CC(N)=NO)C(C)C)cc1C. The summed E-state index contributed by atoms with van der Waals surface area (Å²) in [5.41, 5.74) is 8.84. The van der Waals surface area contributed by atoms with Crippen molar-refractivity contribution in [1.29, 1.82) is 0 Å². The van der Waals surface area contributed by atoms with Crippen LogP contribution in [0.25, 0.3) is 0 Å². The van der Waals surface area contributed by atoms with Crippen molar-refractivity contribution in [2.24, 2.45) is 10.9 Å². The molecular weight excluding hydrogens is 254 g/mol. The number of benzene rings is 1. The Kier molecular flexibility index (Phi) is 5.55. The van der Waals surface area contributed by atoms with Gasteiger partial charge in [-0.05, 0) is 44.4 Å². The van der Waals surface area contributed by atoms with E-state index < -0.39 is 0 Å². The molecule has 0 aromatic heterocycles. The summed E-state index contributed by atoms with van der Waals surface area (Å²) >= 11 is 0. The molecule has 1 rings (SSSR count). The van der Waals surface area contributed by atoms with Crippen LogP contribution in [0.15, 0.2) is 23.4 Å². The van der Waals surface area contributed by atoms with Gasteiger partial charge in [-0.3, -0.25) is 4.79 Å². The Hall–Kier alpha value is -2.04. The average molecular weight is 277 g/mol. The number of carbonyl (C=O) groups is 1. The molecule has 0 atom stereocenters. The van der Waals surface area contributed by atoms with Crippen LogP contribution in [0.1, 0.15) is 30.5 Å². The second kappa shape index (κ2) is 6.93. The van der Waals surface area contributed by atoms with Gasteiger partial charge >= 0.3 is 0 Å². The molecule has 0 spiro atoms. The molecule has 1 amide bonds. The van der Waals surface area contributed by atoms with E-state index in [9.17, 15) is 4.79 Å². The van der Waals surface area contributed by atoms with Crippen LogP contribution in [0.3, 0.4) is 0 Å². The average Bonchev–Trinajstić information content (AvgIpc) is 2.39. The first kappa shape index (κ1) is 16.0. The van der Waals surface area contributed by atoms with Crippen LogP contribution in [0.4, 0.5) is 0 Å². The van der Waals surface area contributed by atoms with E-state index in [4.69, 9.17) is 10.9 Å². The first-order valence-electron chi connectivity index (χ1n) is 6.67. The van der Waals surface area contributed by atoms with Gasteiger partial charge in [-0.15, -0.1) is 0 Å². The van der Waals surface area contributed by atoms with Gasteiger partial charge in [0.15, 0.2) is 5.84 Å². The number of aryl methyl sites for hydroxylation is 2. The predicted molar refractivity (Wildman–Crippen MR) is 79.9 cm³/mol. The van der Waals surface area contributed by atoms with Gasteiger partial charge in [0, 0.05) is 6.04 Å². The van der Waals surface area contributed by atoms with E-state index in [1.807, 2.05) is 45.9 Å².